The molecule has 1 saturated heterocycles. The van der Waals surface area contributed by atoms with Crippen LogP contribution in [0.15, 0.2) is 59.6 Å². The molecule has 2 aromatic carbocycles. The lowest BCUT2D eigenvalue weighted by Gasteiger charge is -2.37. The first-order chi connectivity index (χ1) is 16.2. The standard InChI is InChI=1S/C26H31ClN4O2/c27-23-10-8-21(9-11-23)24-26(22-4-2-1-3-5-22,29-19-31(24)18-20-6-7-20)25(32)28-12-13-30-14-16-33-17-15-30/h1-5,8-11,19-20,24H,6-7,12-18H2,(H,28,32). The number of ether oxygens (including phenoxy) is 1. The SMILES string of the molecule is O=C(NCCN1CCOCC1)C1(c2ccccc2)N=CN(CC2CC2)C1c1ccc(Cl)cc1. The number of carbonyl (C=O) groups excluding carboxylic acids is 1. The van der Waals surface area contributed by atoms with E-state index in [0.717, 1.165) is 50.5 Å². The second-order valence-corrected chi connectivity index (χ2v) is 9.62. The normalized spacial score (nSPS) is 25.4. The lowest BCUT2D eigenvalue weighted by atomic mass is 9.79. The molecule has 7 heteroatoms. The fourth-order valence-corrected chi connectivity index (χ4v) is 5.02. The third-order valence-corrected chi connectivity index (χ3v) is 7.12. The van der Waals surface area contributed by atoms with Crippen molar-refractivity contribution in [1.82, 2.24) is 15.1 Å². The van der Waals surface area contributed by atoms with Gasteiger partial charge in [-0.15, -0.1) is 0 Å². The van der Waals surface area contributed by atoms with Gasteiger partial charge in [0.05, 0.1) is 25.6 Å². The van der Waals surface area contributed by atoms with Gasteiger partial charge in [0.25, 0.3) is 5.91 Å². The predicted molar refractivity (Wildman–Crippen MR) is 131 cm³/mol. The molecule has 0 spiro atoms. The minimum Gasteiger partial charge on any atom is -0.379 e. The fourth-order valence-electron chi connectivity index (χ4n) is 4.90. The van der Waals surface area contributed by atoms with Crippen molar-refractivity contribution >= 4 is 23.8 Å². The van der Waals surface area contributed by atoms with Crippen LogP contribution in [0.2, 0.25) is 5.02 Å². The van der Waals surface area contributed by atoms with Gasteiger partial charge in [-0.25, -0.2) is 0 Å². The number of hydrogen-bond acceptors (Lipinski definition) is 5. The van der Waals surface area contributed by atoms with Crippen molar-refractivity contribution in [2.45, 2.75) is 24.4 Å². The molecule has 2 unspecified atom stereocenters. The summed E-state index contributed by atoms with van der Waals surface area (Å²) in [6.07, 6.45) is 4.37. The molecule has 0 aromatic heterocycles. The molecule has 174 valence electrons. The first kappa shape index (κ1) is 22.4. The summed E-state index contributed by atoms with van der Waals surface area (Å²) in [5, 5.41) is 3.91. The molecule has 5 rings (SSSR count). The van der Waals surface area contributed by atoms with Crippen molar-refractivity contribution < 1.29 is 9.53 Å². The second kappa shape index (κ2) is 9.84. The van der Waals surface area contributed by atoms with Crippen molar-refractivity contribution in [2.75, 3.05) is 45.9 Å². The highest BCUT2D eigenvalue weighted by molar-refractivity contribution is 6.30. The molecular formula is C26H31ClN4O2. The molecule has 1 aliphatic carbocycles. The summed E-state index contributed by atoms with van der Waals surface area (Å²) in [5.74, 6) is 0.610. The van der Waals surface area contributed by atoms with Crippen molar-refractivity contribution in [3.63, 3.8) is 0 Å². The summed E-state index contributed by atoms with van der Waals surface area (Å²) in [6.45, 7) is 5.61. The first-order valence-corrected chi connectivity index (χ1v) is 12.2. The van der Waals surface area contributed by atoms with E-state index in [1.807, 2.05) is 60.9 Å². The lowest BCUT2D eigenvalue weighted by molar-refractivity contribution is -0.128. The molecule has 1 saturated carbocycles. The number of nitrogens with one attached hydrogen (secondary N) is 1. The molecule has 2 fully saturated rings. The van der Waals surface area contributed by atoms with Gasteiger partial charge >= 0.3 is 0 Å². The summed E-state index contributed by atoms with van der Waals surface area (Å²) in [4.78, 5) is 23.5. The van der Waals surface area contributed by atoms with Crippen LogP contribution in [0.3, 0.4) is 0 Å². The van der Waals surface area contributed by atoms with Gasteiger partial charge in [0, 0.05) is 37.7 Å². The van der Waals surface area contributed by atoms with Gasteiger partial charge in [-0.2, -0.15) is 0 Å². The average Bonchev–Trinajstić information content (AvgIpc) is 3.59. The molecule has 2 aliphatic heterocycles. The Morgan fingerprint density at radius 2 is 1.82 bits per heavy atom. The minimum atomic E-state index is -1.05. The number of amides is 1. The molecule has 2 atom stereocenters. The van der Waals surface area contributed by atoms with Crippen LogP contribution in [0.4, 0.5) is 0 Å². The van der Waals surface area contributed by atoms with Crippen molar-refractivity contribution in [1.29, 1.82) is 0 Å². The van der Waals surface area contributed by atoms with E-state index >= 15 is 0 Å². The zero-order chi connectivity index (χ0) is 22.7. The number of carbonyl (C=O) groups is 1. The highest BCUT2D eigenvalue weighted by atomic mass is 35.5. The molecular weight excluding hydrogens is 436 g/mol. The molecule has 2 heterocycles. The molecule has 1 N–H and O–H groups in total. The number of hydrogen-bond donors (Lipinski definition) is 1. The topological polar surface area (TPSA) is 57.2 Å². The van der Waals surface area contributed by atoms with Crippen molar-refractivity contribution in [3.05, 3.63) is 70.7 Å². The van der Waals surface area contributed by atoms with Crippen LogP contribution in [0, 0.1) is 5.92 Å². The van der Waals surface area contributed by atoms with Gasteiger partial charge in [-0.05, 0) is 42.0 Å². The molecule has 3 aliphatic rings. The van der Waals surface area contributed by atoms with Crippen LogP contribution in [0.5, 0.6) is 0 Å². The Bertz CT molecular complexity index is 974. The number of halogens is 1. The highest BCUT2D eigenvalue weighted by Gasteiger charge is 2.53. The Hall–Kier alpha value is -2.41. The Kier molecular flexibility index (Phi) is 6.67. The summed E-state index contributed by atoms with van der Waals surface area (Å²) < 4.78 is 5.44. The van der Waals surface area contributed by atoms with E-state index in [0.29, 0.717) is 17.5 Å². The van der Waals surface area contributed by atoms with Crippen LogP contribution in [-0.2, 0) is 15.1 Å². The smallest absolute Gasteiger partial charge is 0.255 e. The number of aliphatic imine (C=N–C) groups is 1. The van der Waals surface area contributed by atoms with Crippen LogP contribution in [0.25, 0.3) is 0 Å². The average molecular weight is 467 g/mol. The van der Waals surface area contributed by atoms with E-state index in [2.05, 4.69) is 15.1 Å². The van der Waals surface area contributed by atoms with E-state index in [4.69, 9.17) is 21.3 Å². The highest BCUT2D eigenvalue weighted by Crippen LogP contribution is 2.47. The molecule has 1 amide bonds. The van der Waals surface area contributed by atoms with E-state index in [9.17, 15) is 4.79 Å². The van der Waals surface area contributed by atoms with Gasteiger partial charge in [-0.3, -0.25) is 14.7 Å². The third kappa shape index (κ3) is 4.79. The Morgan fingerprint density at radius 3 is 2.52 bits per heavy atom. The maximum absolute atomic E-state index is 14.0. The fraction of sp³-hybridized carbons (Fsp3) is 0.462. The largest absolute Gasteiger partial charge is 0.379 e. The number of rotatable bonds is 8. The lowest BCUT2D eigenvalue weighted by Crippen LogP contribution is -2.50. The van der Waals surface area contributed by atoms with Crippen LogP contribution in [-0.4, -0.2) is 68.0 Å². The van der Waals surface area contributed by atoms with Gasteiger partial charge in [0.1, 0.15) is 0 Å². The van der Waals surface area contributed by atoms with Crippen LogP contribution in [0.1, 0.15) is 30.0 Å². The van der Waals surface area contributed by atoms with E-state index in [1.54, 1.807) is 0 Å². The van der Waals surface area contributed by atoms with Gasteiger partial charge in [0.2, 0.25) is 0 Å². The van der Waals surface area contributed by atoms with Crippen molar-refractivity contribution in [3.8, 4) is 0 Å². The van der Waals surface area contributed by atoms with E-state index in [-0.39, 0.29) is 11.9 Å². The molecule has 33 heavy (non-hydrogen) atoms. The minimum absolute atomic E-state index is 0.0588. The van der Waals surface area contributed by atoms with Crippen molar-refractivity contribution in [2.24, 2.45) is 10.9 Å². The molecule has 2 aromatic rings. The molecule has 6 nitrogen and oxygen atoms in total. The summed E-state index contributed by atoms with van der Waals surface area (Å²) >= 11 is 6.20. The quantitative estimate of drug-likeness (QED) is 0.647. The van der Waals surface area contributed by atoms with Crippen LogP contribution >= 0.6 is 11.6 Å². The van der Waals surface area contributed by atoms with Gasteiger partial charge < -0.3 is 15.0 Å². The molecule has 0 radical (unpaired) electrons. The number of nitrogens with zero attached hydrogens (tertiary/aromatic N) is 3. The first-order valence-electron chi connectivity index (χ1n) is 11.9. The third-order valence-electron chi connectivity index (χ3n) is 6.87. The summed E-state index contributed by atoms with van der Waals surface area (Å²) in [7, 11) is 0. The van der Waals surface area contributed by atoms with Gasteiger partial charge in [-0.1, -0.05) is 54.1 Å². The van der Waals surface area contributed by atoms with Crippen LogP contribution < -0.4 is 5.32 Å². The maximum atomic E-state index is 14.0. The Labute approximate surface area is 200 Å². The Balaban J connectivity index is 1.46. The van der Waals surface area contributed by atoms with Gasteiger partial charge in [0.15, 0.2) is 5.54 Å². The Morgan fingerprint density at radius 1 is 1.09 bits per heavy atom. The molecule has 0 bridgehead atoms. The monoisotopic (exact) mass is 466 g/mol. The van der Waals surface area contributed by atoms with E-state index < -0.39 is 5.54 Å². The zero-order valence-corrected chi connectivity index (χ0v) is 19.6. The number of benzene rings is 2. The predicted octanol–water partition coefficient (Wildman–Crippen LogP) is 3.48. The zero-order valence-electron chi connectivity index (χ0n) is 18.8. The maximum Gasteiger partial charge on any atom is 0.255 e. The number of morpholine rings is 1. The second-order valence-electron chi connectivity index (χ2n) is 9.18. The summed E-state index contributed by atoms with van der Waals surface area (Å²) in [6, 6.07) is 17.6. The van der Waals surface area contributed by atoms with E-state index in [1.165, 1.54) is 12.8 Å². The summed E-state index contributed by atoms with van der Waals surface area (Å²) in [5.41, 5.74) is 0.905.